The van der Waals surface area contributed by atoms with Gasteiger partial charge in [-0.1, -0.05) is 39.3 Å². The second kappa shape index (κ2) is 8.15. The number of aromatic nitrogens is 2. The van der Waals surface area contributed by atoms with E-state index >= 15 is 0 Å². The van der Waals surface area contributed by atoms with E-state index in [1.54, 1.807) is 6.20 Å². The van der Waals surface area contributed by atoms with Gasteiger partial charge in [-0.2, -0.15) is 0 Å². The molecule has 5 heteroatoms. The summed E-state index contributed by atoms with van der Waals surface area (Å²) in [7, 11) is 0. The number of rotatable bonds is 7. The fraction of sp³-hybridized carbons (Fsp3) is 0.500. The van der Waals surface area contributed by atoms with Crippen LogP contribution in [0.25, 0.3) is 11.3 Å². The Labute approximate surface area is 155 Å². The standard InChI is InChI=1S/C20H28ClN3O/c1-13(2)11-20(5,22)12-25-18-7-6-15(10-16(18)21)17-8-9-23-19(24-17)14(3)4/h6-10,13-14H,11-12,22H2,1-5H3. The van der Waals surface area contributed by atoms with Crippen molar-refractivity contribution in [3.63, 3.8) is 0 Å². The first kappa shape index (κ1) is 19.7. The number of hydrogen-bond acceptors (Lipinski definition) is 4. The van der Waals surface area contributed by atoms with Crippen molar-refractivity contribution in [3.8, 4) is 17.0 Å². The smallest absolute Gasteiger partial charge is 0.138 e. The van der Waals surface area contributed by atoms with Gasteiger partial charge in [0.05, 0.1) is 10.7 Å². The van der Waals surface area contributed by atoms with E-state index in [1.807, 2.05) is 31.2 Å². The molecular weight excluding hydrogens is 334 g/mol. The molecule has 0 aliphatic rings. The van der Waals surface area contributed by atoms with Crippen LogP contribution in [0.2, 0.25) is 5.02 Å². The van der Waals surface area contributed by atoms with Gasteiger partial charge < -0.3 is 10.5 Å². The zero-order valence-corrected chi connectivity index (χ0v) is 16.5. The Hall–Kier alpha value is -1.65. The third-order valence-corrected chi connectivity index (χ3v) is 4.15. The molecule has 1 unspecified atom stereocenters. The third kappa shape index (κ3) is 5.68. The lowest BCUT2D eigenvalue weighted by Gasteiger charge is -2.26. The van der Waals surface area contributed by atoms with Crippen LogP contribution >= 0.6 is 11.6 Å². The Bertz CT molecular complexity index is 714. The van der Waals surface area contributed by atoms with E-state index in [0.717, 1.165) is 23.5 Å². The Morgan fingerprint density at radius 2 is 1.92 bits per heavy atom. The minimum atomic E-state index is -0.380. The number of hydrogen-bond donors (Lipinski definition) is 1. The minimum Gasteiger partial charge on any atom is -0.490 e. The maximum Gasteiger partial charge on any atom is 0.138 e. The van der Waals surface area contributed by atoms with Crippen LogP contribution in [0.5, 0.6) is 5.75 Å². The molecule has 1 atom stereocenters. The summed E-state index contributed by atoms with van der Waals surface area (Å²) in [4.78, 5) is 8.90. The van der Waals surface area contributed by atoms with Gasteiger partial charge in [-0.3, -0.25) is 0 Å². The molecule has 2 rings (SSSR count). The summed E-state index contributed by atoms with van der Waals surface area (Å²) >= 11 is 6.41. The molecule has 0 saturated heterocycles. The maximum atomic E-state index is 6.41. The van der Waals surface area contributed by atoms with Crippen molar-refractivity contribution in [3.05, 3.63) is 41.3 Å². The molecule has 0 saturated carbocycles. The van der Waals surface area contributed by atoms with Gasteiger partial charge in [-0.05, 0) is 43.5 Å². The van der Waals surface area contributed by atoms with Gasteiger partial charge in [0.1, 0.15) is 18.2 Å². The first-order chi connectivity index (χ1) is 11.7. The maximum absolute atomic E-state index is 6.41. The largest absolute Gasteiger partial charge is 0.490 e. The summed E-state index contributed by atoms with van der Waals surface area (Å²) in [6.45, 7) is 10.9. The molecule has 2 N–H and O–H groups in total. The number of benzene rings is 1. The second-order valence-electron chi connectivity index (χ2n) is 7.64. The molecule has 1 aromatic carbocycles. The van der Waals surface area contributed by atoms with Crippen LogP contribution in [0.15, 0.2) is 30.5 Å². The molecule has 0 radical (unpaired) electrons. The average molecular weight is 362 g/mol. The summed E-state index contributed by atoms with van der Waals surface area (Å²) in [6.07, 6.45) is 2.67. The summed E-state index contributed by atoms with van der Waals surface area (Å²) in [5.74, 6) is 2.26. The second-order valence-corrected chi connectivity index (χ2v) is 8.05. The molecule has 0 aliphatic carbocycles. The number of nitrogens with two attached hydrogens (primary N) is 1. The fourth-order valence-corrected chi connectivity index (χ4v) is 3.06. The third-order valence-electron chi connectivity index (χ3n) is 3.85. The van der Waals surface area contributed by atoms with E-state index in [-0.39, 0.29) is 11.5 Å². The number of nitrogens with zero attached hydrogens (tertiary/aromatic N) is 2. The number of ether oxygens (including phenoxy) is 1. The van der Waals surface area contributed by atoms with Gasteiger partial charge in [-0.25, -0.2) is 9.97 Å². The summed E-state index contributed by atoms with van der Waals surface area (Å²) < 4.78 is 5.87. The van der Waals surface area contributed by atoms with Crippen LogP contribution in [0, 0.1) is 5.92 Å². The zero-order chi connectivity index (χ0) is 18.6. The molecule has 4 nitrogen and oxygen atoms in total. The van der Waals surface area contributed by atoms with Crippen molar-refractivity contribution in [1.29, 1.82) is 0 Å². The molecule has 0 aliphatic heterocycles. The normalized spacial score (nSPS) is 14.0. The fourth-order valence-electron chi connectivity index (χ4n) is 2.82. The molecule has 1 heterocycles. The first-order valence-electron chi connectivity index (χ1n) is 8.72. The van der Waals surface area contributed by atoms with Crippen molar-refractivity contribution in [2.75, 3.05) is 6.61 Å². The van der Waals surface area contributed by atoms with Crippen LogP contribution in [0.4, 0.5) is 0 Å². The predicted octanol–water partition coefficient (Wildman–Crippen LogP) is 5.06. The highest BCUT2D eigenvalue weighted by atomic mass is 35.5. The average Bonchev–Trinajstić information content (AvgIpc) is 2.52. The zero-order valence-electron chi connectivity index (χ0n) is 15.7. The highest BCUT2D eigenvalue weighted by Crippen LogP contribution is 2.30. The lowest BCUT2D eigenvalue weighted by atomic mass is 9.93. The highest BCUT2D eigenvalue weighted by molar-refractivity contribution is 6.32. The van der Waals surface area contributed by atoms with Crippen LogP contribution in [0.3, 0.4) is 0 Å². The van der Waals surface area contributed by atoms with Gasteiger partial charge in [-0.15, -0.1) is 0 Å². The van der Waals surface area contributed by atoms with Crippen molar-refractivity contribution < 1.29 is 4.74 Å². The van der Waals surface area contributed by atoms with Gasteiger partial charge >= 0.3 is 0 Å². The Balaban J connectivity index is 2.14. The molecule has 0 amide bonds. The molecule has 1 aromatic heterocycles. The van der Waals surface area contributed by atoms with Gasteiger partial charge in [0.2, 0.25) is 0 Å². The van der Waals surface area contributed by atoms with Crippen molar-refractivity contribution in [1.82, 2.24) is 9.97 Å². The predicted molar refractivity (Wildman–Crippen MR) is 104 cm³/mol. The molecule has 136 valence electrons. The SMILES string of the molecule is CC(C)CC(C)(N)COc1ccc(-c2ccnc(C(C)C)n2)cc1Cl. The Morgan fingerprint density at radius 3 is 2.52 bits per heavy atom. The summed E-state index contributed by atoms with van der Waals surface area (Å²) in [5.41, 5.74) is 7.72. The quantitative estimate of drug-likeness (QED) is 0.748. The van der Waals surface area contributed by atoms with Gasteiger partial charge in [0.25, 0.3) is 0 Å². The van der Waals surface area contributed by atoms with Crippen molar-refractivity contribution >= 4 is 11.6 Å². The van der Waals surface area contributed by atoms with E-state index in [9.17, 15) is 0 Å². The molecular formula is C20H28ClN3O. The molecule has 2 aromatic rings. The summed E-state index contributed by atoms with van der Waals surface area (Å²) in [6, 6.07) is 7.60. The minimum absolute atomic E-state index is 0.279. The lowest BCUT2D eigenvalue weighted by Crippen LogP contribution is -2.43. The van der Waals surface area contributed by atoms with E-state index in [1.165, 1.54) is 0 Å². The monoisotopic (exact) mass is 361 g/mol. The van der Waals surface area contributed by atoms with Crippen molar-refractivity contribution in [2.45, 2.75) is 52.5 Å². The molecule has 0 spiro atoms. The van der Waals surface area contributed by atoms with Crippen LogP contribution in [0.1, 0.15) is 52.8 Å². The van der Waals surface area contributed by atoms with E-state index in [0.29, 0.717) is 23.3 Å². The Kier molecular flexibility index (Phi) is 6.42. The Morgan fingerprint density at radius 1 is 1.20 bits per heavy atom. The van der Waals surface area contributed by atoms with Crippen LogP contribution < -0.4 is 10.5 Å². The van der Waals surface area contributed by atoms with E-state index in [2.05, 4.69) is 37.7 Å². The highest BCUT2D eigenvalue weighted by Gasteiger charge is 2.21. The van der Waals surface area contributed by atoms with Crippen molar-refractivity contribution in [2.24, 2.45) is 11.7 Å². The molecule has 0 bridgehead atoms. The molecule has 0 fully saturated rings. The lowest BCUT2D eigenvalue weighted by molar-refractivity contribution is 0.207. The number of halogens is 1. The van der Waals surface area contributed by atoms with Gasteiger partial charge in [0, 0.05) is 23.2 Å². The van der Waals surface area contributed by atoms with Crippen LogP contribution in [-0.2, 0) is 0 Å². The van der Waals surface area contributed by atoms with Gasteiger partial charge in [0.15, 0.2) is 0 Å². The molecule has 25 heavy (non-hydrogen) atoms. The summed E-state index contributed by atoms with van der Waals surface area (Å²) in [5, 5.41) is 0.558. The first-order valence-corrected chi connectivity index (χ1v) is 9.10. The van der Waals surface area contributed by atoms with E-state index in [4.69, 9.17) is 22.1 Å². The van der Waals surface area contributed by atoms with Crippen LogP contribution in [-0.4, -0.2) is 22.1 Å². The van der Waals surface area contributed by atoms with E-state index < -0.39 is 0 Å². The topological polar surface area (TPSA) is 61.0 Å².